The minimum atomic E-state index is 0.848. The lowest BCUT2D eigenvalue weighted by atomic mass is 9.92. The van der Waals surface area contributed by atoms with Gasteiger partial charge in [-0.3, -0.25) is 4.40 Å². The van der Waals surface area contributed by atoms with Crippen LogP contribution in [-0.4, -0.2) is 14.6 Å². The number of benzene rings is 4. The smallest absolute Gasteiger partial charge is 0.169 e. The summed E-state index contributed by atoms with van der Waals surface area (Å²) >= 11 is 2.32. The van der Waals surface area contributed by atoms with E-state index in [-0.39, 0.29) is 0 Å². The normalized spacial score (nSPS) is 11.3. The molecular weight excluding hydrogens is 505 g/mol. The van der Waals surface area contributed by atoms with Crippen LogP contribution in [0.3, 0.4) is 0 Å². The summed E-state index contributed by atoms with van der Waals surface area (Å²) < 4.78 is 3.32. The molecule has 6 aromatic rings. The lowest BCUT2D eigenvalue weighted by Crippen LogP contribution is -1.95. The molecule has 0 fully saturated rings. The highest BCUT2D eigenvalue weighted by Gasteiger charge is 2.16. The van der Waals surface area contributed by atoms with Gasteiger partial charge >= 0.3 is 0 Å². The van der Waals surface area contributed by atoms with Gasteiger partial charge in [-0.15, -0.1) is 10.2 Å². The van der Waals surface area contributed by atoms with Gasteiger partial charge < -0.3 is 0 Å². The summed E-state index contributed by atoms with van der Waals surface area (Å²) in [6.07, 6.45) is 2.19. The number of aromatic nitrogens is 3. The molecule has 4 aromatic carbocycles. The molecule has 32 heavy (non-hydrogen) atoms. The number of pyridine rings is 1. The number of nitrogens with zero attached hydrogens (tertiary/aromatic N) is 3. The fourth-order valence-corrected chi connectivity index (χ4v) is 4.67. The molecule has 0 atom stereocenters. The summed E-state index contributed by atoms with van der Waals surface area (Å²) in [4.78, 5) is 0. The second kappa shape index (κ2) is 7.88. The SMILES string of the molecule is Ic1ccc(-c2nnc3c4ccccc4c(-c4ccccc4-c4ccccc4)cn23)cc1. The molecule has 152 valence electrons. The molecule has 0 N–H and O–H groups in total. The van der Waals surface area contributed by atoms with Gasteiger partial charge in [0.2, 0.25) is 0 Å². The predicted octanol–water partition coefficient (Wildman–Crippen LogP) is 7.49. The Morgan fingerprint density at radius 2 is 1.19 bits per heavy atom. The zero-order valence-corrected chi connectivity index (χ0v) is 19.3. The van der Waals surface area contributed by atoms with Gasteiger partial charge in [0, 0.05) is 26.3 Å². The van der Waals surface area contributed by atoms with Crippen LogP contribution in [-0.2, 0) is 0 Å². The Hall–Kier alpha value is -3.51. The monoisotopic (exact) mass is 523 g/mol. The Kier molecular flexibility index (Phi) is 4.72. The van der Waals surface area contributed by atoms with E-state index in [1.807, 2.05) is 0 Å². The molecule has 6 rings (SSSR count). The van der Waals surface area contributed by atoms with Crippen molar-refractivity contribution >= 4 is 39.0 Å². The summed E-state index contributed by atoms with van der Waals surface area (Å²) in [5.74, 6) is 0.848. The summed E-state index contributed by atoms with van der Waals surface area (Å²) in [5, 5.41) is 11.4. The first kappa shape index (κ1) is 19.2. The van der Waals surface area contributed by atoms with Crippen LogP contribution in [0.5, 0.6) is 0 Å². The summed E-state index contributed by atoms with van der Waals surface area (Å²) in [6.45, 7) is 0. The van der Waals surface area contributed by atoms with Crippen molar-refractivity contribution in [1.82, 2.24) is 14.6 Å². The lowest BCUT2D eigenvalue weighted by Gasteiger charge is -2.14. The van der Waals surface area contributed by atoms with Crippen molar-refractivity contribution in [2.45, 2.75) is 0 Å². The Balaban J connectivity index is 1.68. The number of hydrogen-bond donors (Lipinski definition) is 0. The molecule has 4 heteroatoms. The Morgan fingerprint density at radius 1 is 0.531 bits per heavy atom. The summed E-state index contributed by atoms with van der Waals surface area (Å²) in [6, 6.07) is 36.0. The first-order chi connectivity index (χ1) is 15.8. The van der Waals surface area contributed by atoms with Crippen molar-refractivity contribution < 1.29 is 0 Å². The van der Waals surface area contributed by atoms with Crippen LogP contribution >= 0.6 is 22.6 Å². The van der Waals surface area contributed by atoms with Crippen LogP contribution in [0.15, 0.2) is 109 Å². The largest absolute Gasteiger partial charge is 0.281 e. The van der Waals surface area contributed by atoms with Crippen molar-refractivity contribution in [3.05, 3.63) is 113 Å². The standard InChI is InChI=1S/C28H18IN3/c29-21-16-14-20(15-17-21)27-30-31-28-25-13-7-6-12-24(25)26(18-32(27)28)23-11-5-4-10-22(23)19-8-2-1-3-9-19/h1-18H. The lowest BCUT2D eigenvalue weighted by molar-refractivity contribution is 1.11. The van der Waals surface area contributed by atoms with Crippen molar-refractivity contribution in [1.29, 1.82) is 0 Å². The molecule has 0 saturated carbocycles. The van der Waals surface area contributed by atoms with Crippen LogP contribution < -0.4 is 0 Å². The van der Waals surface area contributed by atoms with Crippen LogP contribution in [0.2, 0.25) is 0 Å². The third kappa shape index (κ3) is 3.19. The van der Waals surface area contributed by atoms with Crippen molar-refractivity contribution in [2.24, 2.45) is 0 Å². The Labute approximate surface area is 199 Å². The molecule has 0 aliphatic rings. The van der Waals surface area contributed by atoms with Crippen molar-refractivity contribution in [2.75, 3.05) is 0 Å². The first-order valence-electron chi connectivity index (χ1n) is 10.5. The first-order valence-corrected chi connectivity index (χ1v) is 11.5. The molecule has 0 aliphatic carbocycles. The van der Waals surface area contributed by atoms with E-state index in [9.17, 15) is 0 Å². The highest BCUT2D eigenvalue weighted by atomic mass is 127. The van der Waals surface area contributed by atoms with E-state index in [2.05, 4.69) is 147 Å². The maximum atomic E-state index is 4.57. The maximum Gasteiger partial charge on any atom is 0.169 e. The van der Waals surface area contributed by atoms with Gasteiger partial charge in [0.15, 0.2) is 11.5 Å². The molecular formula is C28H18IN3. The van der Waals surface area contributed by atoms with Gasteiger partial charge in [0.25, 0.3) is 0 Å². The van der Waals surface area contributed by atoms with Crippen molar-refractivity contribution in [3.63, 3.8) is 0 Å². The van der Waals surface area contributed by atoms with E-state index >= 15 is 0 Å². The number of fused-ring (bicyclic) bond motifs is 3. The van der Waals surface area contributed by atoms with E-state index in [1.54, 1.807) is 0 Å². The van der Waals surface area contributed by atoms with Gasteiger partial charge in [-0.25, -0.2) is 0 Å². The van der Waals surface area contributed by atoms with E-state index in [4.69, 9.17) is 0 Å². The summed E-state index contributed by atoms with van der Waals surface area (Å²) in [5.41, 5.74) is 6.69. The minimum Gasteiger partial charge on any atom is -0.281 e. The van der Waals surface area contributed by atoms with Gasteiger partial charge in [-0.1, -0.05) is 91.0 Å². The molecule has 0 bridgehead atoms. The molecule has 0 amide bonds. The van der Waals surface area contributed by atoms with E-state index in [0.717, 1.165) is 22.4 Å². The molecule has 0 aliphatic heterocycles. The third-order valence-electron chi connectivity index (χ3n) is 5.82. The number of rotatable bonds is 3. The topological polar surface area (TPSA) is 30.2 Å². The Bertz CT molecular complexity index is 1570. The van der Waals surface area contributed by atoms with Crippen LogP contribution in [0, 0.1) is 3.57 Å². The molecule has 0 radical (unpaired) electrons. The zero-order chi connectivity index (χ0) is 21.5. The molecule has 0 saturated heterocycles. The molecule has 0 spiro atoms. The van der Waals surface area contributed by atoms with Gasteiger partial charge in [0.1, 0.15) is 0 Å². The van der Waals surface area contributed by atoms with E-state index in [0.29, 0.717) is 0 Å². The minimum absolute atomic E-state index is 0.848. The highest BCUT2D eigenvalue weighted by Crippen LogP contribution is 2.38. The average molecular weight is 523 g/mol. The van der Waals surface area contributed by atoms with Gasteiger partial charge in [-0.05, 0) is 56.8 Å². The van der Waals surface area contributed by atoms with E-state index in [1.165, 1.54) is 31.2 Å². The van der Waals surface area contributed by atoms with Crippen LogP contribution in [0.25, 0.3) is 50.1 Å². The van der Waals surface area contributed by atoms with Gasteiger partial charge in [0.05, 0.1) is 0 Å². The summed E-state index contributed by atoms with van der Waals surface area (Å²) in [7, 11) is 0. The van der Waals surface area contributed by atoms with Gasteiger partial charge in [-0.2, -0.15) is 0 Å². The molecule has 0 unspecified atom stereocenters. The second-order valence-corrected chi connectivity index (χ2v) is 8.97. The highest BCUT2D eigenvalue weighted by molar-refractivity contribution is 14.1. The Morgan fingerprint density at radius 3 is 1.97 bits per heavy atom. The number of hydrogen-bond acceptors (Lipinski definition) is 2. The number of halogens is 1. The third-order valence-corrected chi connectivity index (χ3v) is 6.54. The molecule has 2 aromatic heterocycles. The van der Waals surface area contributed by atoms with E-state index < -0.39 is 0 Å². The van der Waals surface area contributed by atoms with Crippen molar-refractivity contribution in [3.8, 4) is 33.6 Å². The molecule has 2 heterocycles. The van der Waals surface area contributed by atoms with Crippen LogP contribution in [0.1, 0.15) is 0 Å². The second-order valence-electron chi connectivity index (χ2n) is 7.72. The predicted molar refractivity (Wildman–Crippen MR) is 140 cm³/mol. The quantitative estimate of drug-likeness (QED) is 0.225. The molecule has 3 nitrogen and oxygen atoms in total. The fourth-order valence-electron chi connectivity index (χ4n) is 4.31. The maximum absolute atomic E-state index is 4.57. The van der Waals surface area contributed by atoms with Crippen LogP contribution in [0.4, 0.5) is 0 Å². The fraction of sp³-hybridized carbons (Fsp3) is 0. The average Bonchev–Trinajstić information content (AvgIpc) is 3.29. The zero-order valence-electron chi connectivity index (χ0n) is 17.1.